The van der Waals surface area contributed by atoms with Crippen LogP contribution in [0.4, 0.5) is 5.69 Å². The molecule has 0 bridgehead atoms. The van der Waals surface area contributed by atoms with Gasteiger partial charge in [-0.05, 0) is 0 Å². The van der Waals surface area contributed by atoms with Crippen molar-refractivity contribution in [2.75, 3.05) is 31.2 Å². The van der Waals surface area contributed by atoms with Crippen molar-refractivity contribution in [2.45, 2.75) is 0 Å². The number of hydrogen-bond donors (Lipinski definition) is 0. The van der Waals surface area contributed by atoms with Gasteiger partial charge in [0.1, 0.15) is 5.76 Å². The van der Waals surface area contributed by atoms with Crippen LogP contribution in [0.15, 0.2) is 51.7 Å². The van der Waals surface area contributed by atoms with E-state index < -0.39 is 0 Å². The fourth-order valence-corrected chi connectivity index (χ4v) is 2.21. The number of hydrogen-bond acceptors (Lipinski definition) is 4. The molecule has 2 heterocycles. The quantitative estimate of drug-likeness (QED) is 0.826. The monoisotopic (exact) mass is 257 g/mol. The third-order valence-corrected chi connectivity index (χ3v) is 3.19. The van der Waals surface area contributed by atoms with E-state index in [1.807, 2.05) is 36.4 Å². The zero-order chi connectivity index (χ0) is 13.1. The summed E-state index contributed by atoms with van der Waals surface area (Å²) < 4.78 is 10.6. The Bertz CT molecular complexity index is 600. The Morgan fingerprint density at radius 2 is 1.74 bits per heavy atom. The molecule has 4 heteroatoms. The Morgan fingerprint density at radius 1 is 1.00 bits per heavy atom. The van der Waals surface area contributed by atoms with Gasteiger partial charge in [-0.25, -0.2) is 4.79 Å². The van der Waals surface area contributed by atoms with Gasteiger partial charge in [-0.2, -0.15) is 0 Å². The minimum atomic E-state index is -0.317. The maximum Gasteiger partial charge on any atom is 0.338 e. The highest BCUT2D eigenvalue weighted by Crippen LogP contribution is 2.23. The van der Waals surface area contributed by atoms with Crippen LogP contribution in [-0.2, 0) is 4.74 Å². The number of morpholine rings is 1. The Labute approximate surface area is 111 Å². The van der Waals surface area contributed by atoms with Crippen LogP contribution >= 0.6 is 0 Å². The van der Waals surface area contributed by atoms with Crippen molar-refractivity contribution in [3.63, 3.8) is 0 Å². The summed E-state index contributed by atoms with van der Waals surface area (Å²) in [6, 6.07) is 13.1. The Morgan fingerprint density at radius 3 is 2.47 bits per heavy atom. The summed E-state index contributed by atoms with van der Waals surface area (Å²) in [5, 5.41) is 0. The van der Waals surface area contributed by atoms with Gasteiger partial charge in [0.15, 0.2) is 0 Å². The molecule has 1 aromatic heterocycles. The zero-order valence-electron chi connectivity index (χ0n) is 10.5. The van der Waals surface area contributed by atoms with E-state index in [4.69, 9.17) is 9.15 Å². The van der Waals surface area contributed by atoms with Gasteiger partial charge in [0.05, 0.1) is 13.2 Å². The van der Waals surface area contributed by atoms with Gasteiger partial charge in [-0.1, -0.05) is 30.3 Å². The Balaban J connectivity index is 1.98. The Kier molecular flexibility index (Phi) is 3.33. The normalized spacial score (nSPS) is 15.5. The maximum absolute atomic E-state index is 11.7. The van der Waals surface area contributed by atoms with Gasteiger partial charge >= 0.3 is 5.63 Å². The average Bonchev–Trinajstić information content (AvgIpc) is 2.48. The fourth-order valence-electron chi connectivity index (χ4n) is 2.21. The average molecular weight is 257 g/mol. The van der Waals surface area contributed by atoms with Gasteiger partial charge in [-0.3, -0.25) is 0 Å². The summed E-state index contributed by atoms with van der Waals surface area (Å²) in [5.41, 5.74) is 1.50. The highest BCUT2D eigenvalue weighted by molar-refractivity contribution is 5.62. The van der Waals surface area contributed by atoms with E-state index in [9.17, 15) is 4.79 Å². The van der Waals surface area contributed by atoms with Crippen LogP contribution in [0.5, 0.6) is 0 Å². The van der Waals surface area contributed by atoms with E-state index in [0.29, 0.717) is 19.0 Å². The molecule has 0 N–H and O–H groups in total. The van der Waals surface area contributed by atoms with Crippen molar-refractivity contribution in [2.24, 2.45) is 0 Å². The second kappa shape index (κ2) is 5.28. The molecule has 0 unspecified atom stereocenters. The minimum absolute atomic E-state index is 0.317. The number of anilines is 1. The van der Waals surface area contributed by atoms with Gasteiger partial charge in [-0.15, -0.1) is 0 Å². The lowest BCUT2D eigenvalue weighted by molar-refractivity contribution is 0.122. The topological polar surface area (TPSA) is 42.7 Å². The molecule has 1 aromatic carbocycles. The smallest absolute Gasteiger partial charge is 0.338 e. The highest BCUT2D eigenvalue weighted by atomic mass is 16.5. The van der Waals surface area contributed by atoms with Crippen LogP contribution in [0.2, 0.25) is 0 Å². The molecular formula is C15H15NO3. The predicted molar refractivity (Wildman–Crippen MR) is 73.4 cm³/mol. The van der Waals surface area contributed by atoms with Crippen LogP contribution in [0.1, 0.15) is 0 Å². The first-order valence-electron chi connectivity index (χ1n) is 6.36. The molecule has 1 aliphatic heterocycles. The van der Waals surface area contributed by atoms with Crippen LogP contribution in [0.25, 0.3) is 11.3 Å². The van der Waals surface area contributed by atoms with Crippen molar-refractivity contribution < 1.29 is 9.15 Å². The van der Waals surface area contributed by atoms with Gasteiger partial charge < -0.3 is 14.1 Å². The summed E-state index contributed by atoms with van der Waals surface area (Å²) >= 11 is 0. The van der Waals surface area contributed by atoms with Crippen LogP contribution in [0, 0.1) is 0 Å². The lowest BCUT2D eigenvalue weighted by Gasteiger charge is -2.28. The lowest BCUT2D eigenvalue weighted by Crippen LogP contribution is -2.36. The summed E-state index contributed by atoms with van der Waals surface area (Å²) in [6.07, 6.45) is 0. The lowest BCUT2D eigenvalue weighted by atomic mass is 10.1. The Hall–Kier alpha value is -2.07. The van der Waals surface area contributed by atoms with E-state index in [1.54, 1.807) is 0 Å². The summed E-state index contributed by atoms with van der Waals surface area (Å²) in [4.78, 5) is 13.8. The molecule has 0 aliphatic carbocycles. The van der Waals surface area contributed by atoms with Crippen molar-refractivity contribution in [1.29, 1.82) is 0 Å². The van der Waals surface area contributed by atoms with Gasteiger partial charge in [0, 0.05) is 36.5 Å². The van der Waals surface area contributed by atoms with Gasteiger partial charge in [0.25, 0.3) is 0 Å². The first-order chi connectivity index (χ1) is 9.33. The molecule has 19 heavy (non-hydrogen) atoms. The first-order valence-corrected chi connectivity index (χ1v) is 6.36. The zero-order valence-corrected chi connectivity index (χ0v) is 10.5. The second-order valence-electron chi connectivity index (χ2n) is 4.46. The molecule has 0 amide bonds. The van der Waals surface area contributed by atoms with E-state index in [-0.39, 0.29) is 5.63 Å². The summed E-state index contributed by atoms with van der Waals surface area (Å²) in [5.74, 6) is 0.606. The van der Waals surface area contributed by atoms with Crippen molar-refractivity contribution in [3.8, 4) is 11.3 Å². The molecule has 0 saturated carbocycles. The number of benzene rings is 1. The molecule has 0 radical (unpaired) electrons. The van der Waals surface area contributed by atoms with Crippen LogP contribution in [-0.4, -0.2) is 26.3 Å². The minimum Gasteiger partial charge on any atom is -0.423 e. The van der Waals surface area contributed by atoms with Crippen molar-refractivity contribution >= 4 is 5.69 Å². The van der Waals surface area contributed by atoms with E-state index in [2.05, 4.69) is 4.90 Å². The van der Waals surface area contributed by atoms with E-state index in [0.717, 1.165) is 24.3 Å². The summed E-state index contributed by atoms with van der Waals surface area (Å²) in [6.45, 7) is 3.00. The maximum atomic E-state index is 11.7. The molecule has 3 rings (SSSR count). The SMILES string of the molecule is O=c1cc(N2CCOCC2)cc(-c2ccccc2)o1. The summed E-state index contributed by atoms with van der Waals surface area (Å²) in [7, 11) is 0. The molecule has 0 spiro atoms. The largest absolute Gasteiger partial charge is 0.423 e. The number of ether oxygens (including phenoxy) is 1. The molecule has 1 saturated heterocycles. The van der Waals surface area contributed by atoms with Crippen molar-refractivity contribution in [1.82, 2.24) is 0 Å². The van der Waals surface area contributed by atoms with Crippen molar-refractivity contribution in [3.05, 3.63) is 52.9 Å². The van der Waals surface area contributed by atoms with Crippen LogP contribution in [0.3, 0.4) is 0 Å². The standard InChI is InChI=1S/C15H15NO3/c17-15-11-13(16-6-8-18-9-7-16)10-14(19-15)12-4-2-1-3-5-12/h1-5,10-11H,6-9H2. The van der Waals surface area contributed by atoms with E-state index >= 15 is 0 Å². The third kappa shape index (κ3) is 2.69. The predicted octanol–water partition coefficient (Wildman–Crippen LogP) is 2.14. The first kappa shape index (κ1) is 12.0. The molecule has 1 aliphatic rings. The second-order valence-corrected chi connectivity index (χ2v) is 4.46. The van der Waals surface area contributed by atoms with Crippen LogP contribution < -0.4 is 10.5 Å². The number of nitrogens with zero attached hydrogens (tertiary/aromatic N) is 1. The number of rotatable bonds is 2. The molecule has 1 fully saturated rings. The molecule has 0 atom stereocenters. The molecular weight excluding hydrogens is 242 g/mol. The third-order valence-electron chi connectivity index (χ3n) is 3.19. The molecule has 4 nitrogen and oxygen atoms in total. The molecule has 2 aromatic rings. The fraction of sp³-hybridized carbons (Fsp3) is 0.267. The highest BCUT2D eigenvalue weighted by Gasteiger charge is 2.13. The van der Waals surface area contributed by atoms with E-state index in [1.165, 1.54) is 6.07 Å². The van der Waals surface area contributed by atoms with Gasteiger partial charge in [0.2, 0.25) is 0 Å². The molecule has 98 valence electrons.